The fourth-order valence-corrected chi connectivity index (χ4v) is 1.20. The van der Waals surface area contributed by atoms with Crippen LogP contribution in [-0.2, 0) is 0 Å². The lowest BCUT2D eigenvalue weighted by Gasteiger charge is -2.18. The predicted molar refractivity (Wildman–Crippen MR) is 42.6 cm³/mol. The molecule has 0 saturated heterocycles. The number of nitrogens with two attached hydrogens (primary N) is 1. The molecule has 56 valence electrons. The Bertz CT molecular complexity index is 172. The van der Waals surface area contributed by atoms with Gasteiger partial charge in [0.1, 0.15) is 5.84 Å². The molecule has 0 fully saturated rings. The minimum atomic E-state index is 0.133. The Balaban J connectivity index is 2.67. The molecule has 1 rings (SSSR count). The van der Waals surface area contributed by atoms with Crippen LogP contribution >= 0.6 is 0 Å². The molecule has 1 unspecified atom stereocenters. The highest BCUT2D eigenvalue weighted by atomic mass is 14.9. The average Bonchev–Trinajstić information content (AvgIpc) is 1.88. The molecular weight excluding hydrogens is 126 g/mol. The molecule has 0 aromatic rings. The Morgan fingerprint density at radius 3 is 2.90 bits per heavy atom. The first-order chi connectivity index (χ1) is 4.72. The second-order valence-electron chi connectivity index (χ2n) is 2.68. The van der Waals surface area contributed by atoms with Crippen molar-refractivity contribution in [1.29, 1.82) is 5.41 Å². The van der Waals surface area contributed by atoms with Gasteiger partial charge >= 0.3 is 0 Å². The van der Waals surface area contributed by atoms with Crippen LogP contribution in [0.1, 0.15) is 19.8 Å². The first-order valence-electron chi connectivity index (χ1n) is 3.56. The Labute approximate surface area is 60.8 Å². The van der Waals surface area contributed by atoms with Crippen LogP contribution in [0.4, 0.5) is 0 Å². The normalized spacial score (nSPS) is 25.7. The van der Waals surface area contributed by atoms with Crippen LogP contribution < -0.4 is 5.73 Å². The zero-order valence-electron chi connectivity index (χ0n) is 6.22. The summed E-state index contributed by atoms with van der Waals surface area (Å²) in [6.07, 6.45) is 2.08. The molecule has 0 amide bonds. The Hall–Kier alpha value is -0.860. The van der Waals surface area contributed by atoms with Crippen molar-refractivity contribution in [3.8, 4) is 0 Å². The average molecular weight is 139 g/mol. The number of nitrogens with one attached hydrogen (secondary N) is 1. The molecule has 0 bridgehead atoms. The zero-order valence-corrected chi connectivity index (χ0v) is 6.22. The maximum absolute atomic E-state index is 7.36. The third-order valence-corrected chi connectivity index (χ3v) is 1.83. The van der Waals surface area contributed by atoms with Gasteiger partial charge in [-0.1, -0.05) is 0 Å². The molecule has 0 aromatic carbocycles. The largest absolute Gasteiger partial charge is 0.387 e. The summed E-state index contributed by atoms with van der Waals surface area (Å²) < 4.78 is 0. The number of nitrogens with zero attached hydrogens (tertiary/aromatic N) is 1. The van der Waals surface area contributed by atoms with Crippen molar-refractivity contribution in [2.75, 3.05) is 6.54 Å². The summed E-state index contributed by atoms with van der Waals surface area (Å²) in [7, 11) is 0. The summed E-state index contributed by atoms with van der Waals surface area (Å²) in [5.74, 6) is 0.785. The van der Waals surface area contributed by atoms with Crippen molar-refractivity contribution in [2.24, 2.45) is 16.6 Å². The topological polar surface area (TPSA) is 62.2 Å². The molecule has 3 N–H and O–H groups in total. The van der Waals surface area contributed by atoms with E-state index in [1.807, 2.05) is 0 Å². The molecule has 1 aliphatic rings. The summed E-state index contributed by atoms with van der Waals surface area (Å²) in [5.41, 5.74) is 6.23. The Morgan fingerprint density at radius 2 is 2.50 bits per heavy atom. The monoisotopic (exact) mass is 139 g/mol. The first kappa shape index (κ1) is 7.25. The summed E-state index contributed by atoms with van der Waals surface area (Å²) in [6, 6.07) is 0. The van der Waals surface area contributed by atoms with E-state index >= 15 is 0 Å². The minimum absolute atomic E-state index is 0.133. The fraction of sp³-hybridized carbons (Fsp3) is 0.714. The van der Waals surface area contributed by atoms with Crippen molar-refractivity contribution >= 4 is 11.5 Å². The highest BCUT2D eigenvalue weighted by Crippen LogP contribution is 2.12. The quantitative estimate of drug-likeness (QED) is 0.518. The lowest BCUT2D eigenvalue weighted by atomic mass is 9.95. The van der Waals surface area contributed by atoms with Gasteiger partial charge in [0.15, 0.2) is 0 Å². The van der Waals surface area contributed by atoms with Crippen LogP contribution in [0.3, 0.4) is 0 Å². The standard InChI is InChI=1S/C7H13N3/c1-5(8)6-3-2-4-10-7(6)9/h6,8H,2-4H2,1H3,(H2,9,10). The smallest absolute Gasteiger partial charge is 0.102 e. The van der Waals surface area contributed by atoms with Gasteiger partial charge in [0, 0.05) is 12.3 Å². The molecule has 1 atom stereocenters. The molecular formula is C7H13N3. The molecule has 0 aliphatic carbocycles. The molecule has 1 heterocycles. The third-order valence-electron chi connectivity index (χ3n) is 1.83. The first-order valence-corrected chi connectivity index (χ1v) is 3.56. The number of aliphatic imine (C=N–C) groups is 1. The van der Waals surface area contributed by atoms with Crippen molar-refractivity contribution in [3.63, 3.8) is 0 Å². The summed E-state index contributed by atoms with van der Waals surface area (Å²) in [4.78, 5) is 4.09. The fourth-order valence-electron chi connectivity index (χ4n) is 1.20. The highest BCUT2D eigenvalue weighted by molar-refractivity contribution is 6.03. The maximum Gasteiger partial charge on any atom is 0.102 e. The van der Waals surface area contributed by atoms with E-state index in [1.165, 1.54) is 0 Å². The molecule has 10 heavy (non-hydrogen) atoms. The van der Waals surface area contributed by atoms with Gasteiger partial charge in [-0.3, -0.25) is 4.99 Å². The van der Waals surface area contributed by atoms with E-state index in [4.69, 9.17) is 11.1 Å². The van der Waals surface area contributed by atoms with Crippen LogP contribution in [-0.4, -0.2) is 18.1 Å². The minimum Gasteiger partial charge on any atom is -0.387 e. The highest BCUT2D eigenvalue weighted by Gasteiger charge is 2.17. The molecule has 1 aliphatic heterocycles. The van der Waals surface area contributed by atoms with Gasteiger partial charge in [-0.05, 0) is 19.8 Å². The van der Waals surface area contributed by atoms with Gasteiger partial charge in [0.2, 0.25) is 0 Å². The summed E-state index contributed by atoms with van der Waals surface area (Å²) in [5, 5.41) is 7.36. The molecule has 3 nitrogen and oxygen atoms in total. The van der Waals surface area contributed by atoms with Gasteiger partial charge in [-0.25, -0.2) is 0 Å². The number of hydrogen-bond acceptors (Lipinski definition) is 3. The SMILES string of the molecule is CC(=N)C1CCCN=C1N. The van der Waals surface area contributed by atoms with E-state index in [1.54, 1.807) is 6.92 Å². The van der Waals surface area contributed by atoms with Gasteiger partial charge in [0.25, 0.3) is 0 Å². The second-order valence-corrected chi connectivity index (χ2v) is 2.68. The number of amidine groups is 1. The molecule has 0 radical (unpaired) electrons. The van der Waals surface area contributed by atoms with Crippen molar-refractivity contribution in [2.45, 2.75) is 19.8 Å². The van der Waals surface area contributed by atoms with Gasteiger partial charge < -0.3 is 11.1 Å². The lowest BCUT2D eigenvalue weighted by molar-refractivity contribution is 0.664. The van der Waals surface area contributed by atoms with Crippen LogP contribution in [0.2, 0.25) is 0 Å². The molecule has 3 heteroatoms. The lowest BCUT2D eigenvalue weighted by Crippen LogP contribution is -2.31. The van der Waals surface area contributed by atoms with Gasteiger partial charge in [0.05, 0.1) is 5.92 Å². The predicted octanol–water partition coefficient (Wildman–Crippen LogP) is 0.793. The van der Waals surface area contributed by atoms with Crippen molar-refractivity contribution < 1.29 is 0 Å². The van der Waals surface area contributed by atoms with Gasteiger partial charge in [-0.2, -0.15) is 0 Å². The summed E-state index contributed by atoms with van der Waals surface area (Å²) >= 11 is 0. The second kappa shape index (κ2) is 2.82. The van der Waals surface area contributed by atoms with E-state index in [9.17, 15) is 0 Å². The van der Waals surface area contributed by atoms with Gasteiger partial charge in [-0.15, -0.1) is 0 Å². The summed E-state index contributed by atoms with van der Waals surface area (Å²) in [6.45, 7) is 2.63. The molecule has 0 spiro atoms. The third kappa shape index (κ3) is 1.35. The van der Waals surface area contributed by atoms with E-state index in [0.717, 1.165) is 19.4 Å². The zero-order chi connectivity index (χ0) is 7.56. The van der Waals surface area contributed by atoms with E-state index < -0.39 is 0 Å². The van der Waals surface area contributed by atoms with Crippen LogP contribution in [0.15, 0.2) is 4.99 Å². The van der Waals surface area contributed by atoms with Crippen LogP contribution in [0.25, 0.3) is 0 Å². The Morgan fingerprint density at radius 1 is 1.80 bits per heavy atom. The molecule has 0 saturated carbocycles. The number of hydrogen-bond donors (Lipinski definition) is 2. The van der Waals surface area contributed by atoms with E-state index in [0.29, 0.717) is 11.5 Å². The van der Waals surface area contributed by atoms with Crippen molar-refractivity contribution in [1.82, 2.24) is 0 Å². The molecule has 0 aromatic heterocycles. The Kier molecular flexibility index (Phi) is 2.04. The van der Waals surface area contributed by atoms with Crippen LogP contribution in [0.5, 0.6) is 0 Å². The number of rotatable bonds is 1. The van der Waals surface area contributed by atoms with E-state index in [-0.39, 0.29) is 5.92 Å². The van der Waals surface area contributed by atoms with E-state index in [2.05, 4.69) is 4.99 Å². The maximum atomic E-state index is 7.36. The van der Waals surface area contributed by atoms with Crippen molar-refractivity contribution in [3.05, 3.63) is 0 Å². The van der Waals surface area contributed by atoms with Crippen LogP contribution in [0, 0.1) is 11.3 Å².